The van der Waals surface area contributed by atoms with E-state index >= 15 is 0 Å². The number of piperidine rings is 1. The number of hydrogen-bond acceptors (Lipinski definition) is 2. The Labute approximate surface area is 133 Å². The van der Waals surface area contributed by atoms with Gasteiger partial charge < -0.3 is 10.6 Å². The number of rotatable bonds is 2. The highest BCUT2D eigenvalue weighted by Gasteiger charge is 2.29. The van der Waals surface area contributed by atoms with E-state index in [1.165, 1.54) is 11.1 Å². The smallest absolute Gasteiger partial charge is 0.227 e. The predicted molar refractivity (Wildman–Crippen MR) is 88.0 cm³/mol. The number of carbonyl (C=O) groups is 1. The topological polar surface area (TPSA) is 41.1 Å². The van der Waals surface area contributed by atoms with Crippen LogP contribution in [0.25, 0.3) is 0 Å². The van der Waals surface area contributed by atoms with E-state index in [2.05, 4.69) is 41.8 Å². The van der Waals surface area contributed by atoms with Gasteiger partial charge in [-0.25, -0.2) is 0 Å². The maximum absolute atomic E-state index is 12.6. The number of amides is 1. The second-order valence-electron chi connectivity index (χ2n) is 6.14. The van der Waals surface area contributed by atoms with Crippen molar-refractivity contribution < 1.29 is 4.79 Å². The predicted octanol–water partition coefficient (Wildman–Crippen LogP) is 2.79. The Morgan fingerprint density at radius 3 is 2.86 bits per heavy atom. The average molecular weight is 309 g/mol. The van der Waals surface area contributed by atoms with Crippen LogP contribution in [0.1, 0.15) is 49.7 Å². The first-order valence-electron chi connectivity index (χ1n) is 7.87. The van der Waals surface area contributed by atoms with Gasteiger partial charge >= 0.3 is 0 Å². The van der Waals surface area contributed by atoms with E-state index in [0.717, 1.165) is 38.6 Å². The lowest BCUT2D eigenvalue weighted by Gasteiger charge is -2.33. The number of hydrogen-bond donors (Lipinski definition) is 2. The molecule has 0 saturated carbocycles. The number of carbonyl (C=O) groups excluding carboxylic acids is 1. The Hall–Kier alpha value is -1.06. The maximum Gasteiger partial charge on any atom is 0.227 e. The zero-order chi connectivity index (χ0) is 13.9. The van der Waals surface area contributed by atoms with Gasteiger partial charge in [0.05, 0.1) is 5.92 Å². The zero-order valence-electron chi connectivity index (χ0n) is 12.6. The van der Waals surface area contributed by atoms with Crippen molar-refractivity contribution in [2.45, 2.75) is 57.0 Å². The fourth-order valence-corrected chi connectivity index (χ4v) is 3.55. The molecule has 4 heteroatoms. The molecule has 3 nitrogen and oxygen atoms in total. The molecule has 3 unspecified atom stereocenters. The van der Waals surface area contributed by atoms with E-state index in [9.17, 15) is 4.79 Å². The van der Waals surface area contributed by atoms with Crippen molar-refractivity contribution in [3.05, 3.63) is 35.4 Å². The van der Waals surface area contributed by atoms with Crippen molar-refractivity contribution in [2.24, 2.45) is 0 Å². The largest absolute Gasteiger partial charge is 0.351 e. The van der Waals surface area contributed by atoms with Crippen molar-refractivity contribution in [1.29, 1.82) is 0 Å². The van der Waals surface area contributed by atoms with Gasteiger partial charge in [-0.05, 0) is 56.7 Å². The molecule has 0 aromatic heterocycles. The van der Waals surface area contributed by atoms with Crippen LogP contribution in [0.5, 0.6) is 0 Å². The summed E-state index contributed by atoms with van der Waals surface area (Å²) in [6.07, 6.45) is 5.46. The normalized spacial score (nSPS) is 28.1. The Bertz CT molecular complexity index is 491. The van der Waals surface area contributed by atoms with Crippen molar-refractivity contribution in [3.63, 3.8) is 0 Å². The standard InChI is InChI=1S/C17H24N2O.ClH/c1-12-16(10-5-11-18-12)19-17(20)15-9-4-7-13-6-2-3-8-14(13)15;/h2-3,6,8,12,15-16,18H,4-5,7,9-11H2,1H3,(H,19,20);1H. The lowest BCUT2D eigenvalue weighted by molar-refractivity contribution is -0.124. The van der Waals surface area contributed by atoms with Gasteiger partial charge in [0.15, 0.2) is 0 Å². The summed E-state index contributed by atoms with van der Waals surface area (Å²) in [5.41, 5.74) is 2.60. The molecule has 0 spiro atoms. The van der Waals surface area contributed by atoms with Gasteiger partial charge in [0.2, 0.25) is 5.91 Å². The summed E-state index contributed by atoms with van der Waals surface area (Å²) in [6, 6.07) is 9.08. The average Bonchev–Trinajstić information content (AvgIpc) is 2.49. The monoisotopic (exact) mass is 308 g/mol. The molecular weight excluding hydrogens is 284 g/mol. The summed E-state index contributed by atoms with van der Waals surface area (Å²) in [5, 5.41) is 6.72. The summed E-state index contributed by atoms with van der Waals surface area (Å²) in [4.78, 5) is 12.6. The Morgan fingerprint density at radius 1 is 1.24 bits per heavy atom. The van der Waals surface area contributed by atoms with Gasteiger partial charge in [0, 0.05) is 12.1 Å². The van der Waals surface area contributed by atoms with E-state index < -0.39 is 0 Å². The molecule has 1 aliphatic carbocycles. The lowest BCUT2D eigenvalue weighted by Crippen LogP contribution is -2.53. The molecule has 1 aromatic rings. The molecule has 1 aliphatic heterocycles. The second kappa shape index (κ2) is 7.28. The van der Waals surface area contributed by atoms with Crippen LogP contribution >= 0.6 is 12.4 Å². The minimum atomic E-state index is 0. The van der Waals surface area contributed by atoms with Gasteiger partial charge in [-0.15, -0.1) is 12.4 Å². The van der Waals surface area contributed by atoms with E-state index in [4.69, 9.17) is 0 Å². The molecule has 1 fully saturated rings. The van der Waals surface area contributed by atoms with E-state index in [-0.39, 0.29) is 30.3 Å². The van der Waals surface area contributed by atoms with E-state index in [1.54, 1.807) is 0 Å². The van der Waals surface area contributed by atoms with Crippen molar-refractivity contribution in [3.8, 4) is 0 Å². The van der Waals surface area contributed by atoms with Gasteiger partial charge in [0.1, 0.15) is 0 Å². The van der Waals surface area contributed by atoms with Crippen LogP contribution in [0, 0.1) is 0 Å². The van der Waals surface area contributed by atoms with E-state index in [1.807, 2.05) is 0 Å². The molecular formula is C17H25ClN2O. The molecule has 0 bridgehead atoms. The molecule has 3 atom stereocenters. The highest BCUT2D eigenvalue weighted by atomic mass is 35.5. The zero-order valence-corrected chi connectivity index (χ0v) is 13.4. The van der Waals surface area contributed by atoms with Gasteiger partial charge in [0.25, 0.3) is 0 Å². The minimum absolute atomic E-state index is 0. The molecule has 21 heavy (non-hydrogen) atoms. The molecule has 1 heterocycles. The van der Waals surface area contributed by atoms with Gasteiger partial charge in [-0.2, -0.15) is 0 Å². The summed E-state index contributed by atoms with van der Waals surface area (Å²) in [6.45, 7) is 3.23. The lowest BCUT2D eigenvalue weighted by atomic mass is 9.82. The van der Waals surface area contributed by atoms with Gasteiger partial charge in [-0.1, -0.05) is 24.3 Å². The van der Waals surface area contributed by atoms with Crippen LogP contribution in [0.3, 0.4) is 0 Å². The van der Waals surface area contributed by atoms with Crippen LogP contribution < -0.4 is 10.6 Å². The maximum atomic E-state index is 12.6. The van der Waals surface area contributed by atoms with Crippen molar-refractivity contribution in [1.82, 2.24) is 10.6 Å². The summed E-state index contributed by atoms with van der Waals surface area (Å²) >= 11 is 0. The SMILES string of the molecule is CC1NCCCC1NC(=O)C1CCCc2ccccc21.Cl. The minimum Gasteiger partial charge on any atom is -0.351 e. The Morgan fingerprint density at radius 2 is 2.05 bits per heavy atom. The molecule has 1 aromatic carbocycles. The highest BCUT2D eigenvalue weighted by Crippen LogP contribution is 2.31. The molecule has 2 N–H and O–H groups in total. The number of fused-ring (bicyclic) bond motifs is 1. The summed E-state index contributed by atoms with van der Waals surface area (Å²) in [5.74, 6) is 0.270. The number of aryl methyl sites for hydroxylation is 1. The third kappa shape index (κ3) is 3.58. The van der Waals surface area contributed by atoms with Crippen molar-refractivity contribution >= 4 is 18.3 Å². The fourth-order valence-electron chi connectivity index (χ4n) is 3.55. The molecule has 116 valence electrons. The first-order valence-corrected chi connectivity index (χ1v) is 7.87. The third-order valence-corrected chi connectivity index (χ3v) is 4.78. The highest BCUT2D eigenvalue weighted by molar-refractivity contribution is 5.85. The fraction of sp³-hybridized carbons (Fsp3) is 0.588. The third-order valence-electron chi connectivity index (χ3n) is 4.78. The second-order valence-corrected chi connectivity index (χ2v) is 6.14. The van der Waals surface area contributed by atoms with Crippen LogP contribution in [0.4, 0.5) is 0 Å². The molecule has 1 amide bonds. The number of nitrogens with one attached hydrogen (secondary N) is 2. The summed E-state index contributed by atoms with van der Waals surface area (Å²) < 4.78 is 0. The molecule has 1 saturated heterocycles. The molecule has 2 aliphatic rings. The quantitative estimate of drug-likeness (QED) is 0.882. The van der Waals surface area contributed by atoms with Crippen LogP contribution in [-0.4, -0.2) is 24.5 Å². The summed E-state index contributed by atoms with van der Waals surface area (Å²) in [7, 11) is 0. The molecule has 3 rings (SSSR count). The number of benzene rings is 1. The van der Waals surface area contributed by atoms with Crippen LogP contribution in [0.15, 0.2) is 24.3 Å². The Balaban J connectivity index is 0.00000161. The Kier molecular flexibility index (Phi) is 5.65. The first kappa shape index (κ1) is 16.3. The molecule has 0 radical (unpaired) electrons. The number of halogens is 1. The van der Waals surface area contributed by atoms with Crippen molar-refractivity contribution in [2.75, 3.05) is 6.54 Å². The van der Waals surface area contributed by atoms with Gasteiger partial charge in [-0.3, -0.25) is 4.79 Å². The van der Waals surface area contributed by atoms with Crippen LogP contribution in [0.2, 0.25) is 0 Å². The first-order chi connectivity index (χ1) is 9.75. The van der Waals surface area contributed by atoms with E-state index in [0.29, 0.717) is 6.04 Å². The van der Waals surface area contributed by atoms with Crippen LogP contribution in [-0.2, 0) is 11.2 Å².